The third-order valence-corrected chi connectivity index (χ3v) is 4.81. The molecular weight excluding hydrogens is 404 g/mol. The Kier molecular flexibility index (Phi) is 6.10. The van der Waals surface area contributed by atoms with Crippen molar-refractivity contribution in [2.75, 3.05) is 4.90 Å². The minimum Gasteiger partial charge on any atom is -0.274 e. The first-order valence-corrected chi connectivity index (χ1v) is 9.54. The quantitative estimate of drug-likeness (QED) is 0.445. The predicted molar refractivity (Wildman–Crippen MR) is 110 cm³/mol. The first-order chi connectivity index (χ1) is 14.7. The fourth-order valence-electron chi connectivity index (χ4n) is 3.28. The van der Waals surface area contributed by atoms with Gasteiger partial charge in [0.15, 0.2) is 0 Å². The van der Waals surface area contributed by atoms with Crippen molar-refractivity contribution in [3.8, 4) is 0 Å². The summed E-state index contributed by atoms with van der Waals surface area (Å²) in [5, 5.41) is 11.8. The third-order valence-electron chi connectivity index (χ3n) is 4.81. The van der Waals surface area contributed by atoms with Crippen LogP contribution in [0.5, 0.6) is 0 Å². The van der Waals surface area contributed by atoms with Gasteiger partial charge in [-0.3, -0.25) is 34.7 Å². The Bertz CT molecular complexity index is 1080. The number of hydrazine groups is 1. The Hall–Kier alpha value is -4.08. The van der Waals surface area contributed by atoms with Crippen LogP contribution in [0.3, 0.4) is 0 Å². The number of nitro groups is 1. The van der Waals surface area contributed by atoms with E-state index in [2.05, 4.69) is 5.43 Å². The summed E-state index contributed by atoms with van der Waals surface area (Å²) in [4.78, 5) is 62.1. The molecule has 0 bridgehead atoms. The van der Waals surface area contributed by atoms with E-state index in [1.54, 1.807) is 25.1 Å². The van der Waals surface area contributed by atoms with Crippen LogP contribution in [0.25, 0.3) is 0 Å². The van der Waals surface area contributed by atoms with Crippen LogP contribution < -0.4 is 10.3 Å². The zero-order valence-corrected chi connectivity index (χ0v) is 16.9. The molecule has 2 aromatic carbocycles. The van der Waals surface area contributed by atoms with Gasteiger partial charge >= 0.3 is 0 Å². The fourth-order valence-corrected chi connectivity index (χ4v) is 3.28. The number of rotatable bonds is 5. The number of imide groups is 1. The van der Waals surface area contributed by atoms with Crippen molar-refractivity contribution in [2.45, 2.75) is 32.7 Å². The highest BCUT2D eigenvalue weighted by Crippen LogP contribution is 2.26. The van der Waals surface area contributed by atoms with Crippen molar-refractivity contribution in [1.82, 2.24) is 10.4 Å². The SMILES string of the molecule is CCC(=O)N(NC(=O)c1cccc([N+](=O)[O-])c1)C1CC(=O)N(c2cccc(C)c2)C1=O. The molecule has 1 atom stereocenters. The number of non-ortho nitro benzene ring substituents is 1. The number of nitrogens with one attached hydrogen (secondary N) is 1. The number of carbonyl (C=O) groups excluding carboxylic acids is 4. The molecule has 1 aliphatic heterocycles. The molecule has 0 spiro atoms. The first-order valence-electron chi connectivity index (χ1n) is 9.54. The summed E-state index contributed by atoms with van der Waals surface area (Å²) in [5.74, 6) is -2.52. The lowest BCUT2D eigenvalue weighted by molar-refractivity contribution is -0.384. The minimum absolute atomic E-state index is 0.0301. The number of amides is 4. The topological polar surface area (TPSA) is 130 Å². The summed E-state index contributed by atoms with van der Waals surface area (Å²) >= 11 is 0. The van der Waals surface area contributed by atoms with Gasteiger partial charge in [-0.15, -0.1) is 0 Å². The van der Waals surface area contributed by atoms with Gasteiger partial charge in [0.25, 0.3) is 17.5 Å². The Labute approximate surface area is 177 Å². The van der Waals surface area contributed by atoms with Crippen molar-refractivity contribution in [1.29, 1.82) is 0 Å². The van der Waals surface area contributed by atoms with Gasteiger partial charge in [-0.2, -0.15) is 0 Å². The van der Waals surface area contributed by atoms with E-state index in [1.165, 1.54) is 18.2 Å². The number of aryl methyl sites for hydroxylation is 1. The number of hydrogen-bond donors (Lipinski definition) is 1. The zero-order chi connectivity index (χ0) is 22.7. The second kappa shape index (κ2) is 8.74. The molecule has 10 heteroatoms. The van der Waals surface area contributed by atoms with Gasteiger partial charge in [-0.05, 0) is 30.7 Å². The van der Waals surface area contributed by atoms with E-state index in [0.29, 0.717) is 5.69 Å². The Morgan fingerprint density at radius 2 is 1.90 bits per heavy atom. The summed E-state index contributed by atoms with van der Waals surface area (Å²) in [6.07, 6.45) is -0.328. The van der Waals surface area contributed by atoms with E-state index in [0.717, 1.165) is 21.5 Å². The fraction of sp³-hybridized carbons (Fsp3) is 0.238. The highest BCUT2D eigenvalue weighted by molar-refractivity contribution is 6.23. The first kappa shape index (κ1) is 21.6. The number of benzene rings is 2. The van der Waals surface area contributed by atoms with Gasteiger partial charge in [0.05, 0.1) is 17.0 Å². The van der Waals surface area contributed by atoms with Crippen LogP contribution in [0.15, 0.2) is 48.5 Å². The molecule has 1 saturated heterocycles. The molecule has 1 aliphatic rings. The molecule has 10 nitrogen and oxygen atoms in total. The predicted octanol–water partition coefficient (Wildman–Crippen LogP) is 2.12. The van der Waals surface area contributed by atoms with Crippen molar-refractivity contribution in [3.05, 3.63) is 69.8 Å². The van der Waals surface area contributed by atoms with Gasteiger partial charge in [-0.1, -0.05) is 25.1 Å². The Balaban J connectivity index is 1.88. The van der Waals surface area contributed by atoms with Crippen molar-refractivity contribution < 1.29 is 24.1 Å². The molecule has 3 rings (SSSR count). The standard InChI is InChI=1S/C21H20N4O6/c1-3-18(26)24(22-20(28)14-7-5-9-16(11-14)25(30)31)17-12-19(27)23(21(17)29)15-8-4-6-13(2)10-15/h4-11,17H,3,12H2,1-2H3,(H,22,28). The van der Waals surface area contributed by atoms with Crippen LogP contribution in [0, 0.1) is 17.0 Å². The second-order valence-electron chi connectivity index (χ2n) is 6.99. The lowest BCUT2D eigenvalue weighted by Gasteiger charge is -2.27. The highest BCUT2D eigenvalue weighted by Gasteiger charge is 2.45. The lowest BCUT2D eigenvalue weighted by Crippen LogP contribution is -2.54. The van der Waals surface area contributed by atoms with Crippen LogP contribution in [0.1, 0.15) is 35.7 Å². The summed E-state index contributed by atoms with van der Waals surface area (Å²) in [6.45, 7) is 3.37. The second-order valence-corrected chi connectivity index (χ2v) is 6.99. The van der Waals surface area contributed by atoms with E-state index in [-0.39, 0.29) is 24.1 Å². The number of nitro benzene ring substituents is 1. The van der Waals surface area contributed by atoms with E-state index < -0.39 is 34.6 Å². The van der Waals surface area contributed by atoms with E-state index in [4.69, 9.17) is 0 Å². The monoisotopic (exact) mass is 424 g/mol. The molecule has 0 aromatic heterocycles. The maximum atomic E-state index is 13.0. The molecule has 0 radical (unpaired) electrons. The minimum atomic E-state index is -1.22. The molecule has 1 N–H and O–H groups in total. The molecular formula is C21H20N4O6. The van der Waals surface area contributed by atoms with Crippen LogP contribution in [0.4, 0.5) is 11.4 Å². The maximum Gasteiger partial charge on any atom is 0.270 e. The van der Waals surface area contributed by atoms with Crippen molar-refractivity contribution in [3.63, 3.8) is 0 Å². The molecule has 160 valence electrons. The molecule has 4 amide bonds. The smallest absolute Gasteiger partial charge is 0.270 e. The average Bonchev–Trinajstić information content (AvgIpc) is 3.04. The summed E-state index contributed by atoms with van der Waals surface area (Å²) in [7, 11) is 0. The van der Waals surface area contributed by atoms with Crippen LogP contribution >= 0.6 is 0 Å². The van der Waals surface area contributed by atoms with E-state index in [1.807, 2.05) is 13.0 Å². The summed E-state index contributed by atoms with van der Waals surface area (Å²) in [5.41, 5.74) is 3.23. The summed E-state index contributed by atoms with van der Waals surface area (Å²) in [6, 6.07) is 10.6. The Morgan fingerprint density at radius 1 is 1.19 bits per heavy atom. The molecule has 1 heterocycles. The molecule has 2 aromatic rings. The van der Waals surface area contributed by atoms with Crippen LogP contribution in [0.2, 0.25) is 0 Å². The average molecular weight is 424 g/mol. The van der Waals surface area contributed by atoms with Gasteiger partial charge in [0.1, 0.15) is 6.04 Å². The maximum absolute atomic E-state index is 13.0. The van der Waals surface area contributed by atoms with E-state index >= 15 is 0 Å². The number of hydrogen-bond acceptors (Lipinski definition) is 6. The summed E-state index contributed by atoms with van der Waals surface area (Å²) < 4.78 is 0. The normalized spacial score (nSPS) is 15.7. The highest BCUT2D eigenvalue weighted by atomic mass is 16.6. The number of carbonyl (C=O) groups is 4. The Morgan fingerprint density at radius 3 is 2.55 bits per heavy atom. The number of nitrogens with zero attached hydrogens (tertiary/aromatic N) is 3. The van der Waals surface area contributed by atoms with Crippen LogP contribution in [-0.2, 0) is 14.4 Å². The lowest BCUT2D eigenvalue weighted by atomic mass is 10.2. The van der Waals surface area contributed by atoms with Gasteiger partial charge in [0.2, 0.25) is 11.8 Å². The van der Waals surface area contributed by atoms with E-state index in [9.17, 15) is 29.3 Å². The van der Waals surface area contributed by atoms with Crippen molar-refractivity contribution >= 4 is 35.0 Å². The van der Waals surface area contributed by atoms with Gasteiger partial charge < -0.3 is 0 Å². The third kappa shape index (κ3) is 4.42. The molecule has 31 heavy (non-hydrogen) atoms. The van der Waals surface area contributed by atoms with Gasteiger partial charge in [-0.25, -0.2) is 9.91 Å². The number of anilines is 1. The molecule has 1 fully saturated rings. The molecule has 0 aliphatic carbocycles. The largest absolute Gasteiger partial charge is 0.274 e. The zero-order valence-electron chi connectivity index (χ0n) is 16.9. The molecule has 1 unspecified atom stereocenters. The van der Waals surface area contributed by atoms with Gasteiger partial charge in [0, 0.05) is 24.1 Å². The van der Waals surface area contributed by atoms with Crippen LogP contribution in [-0.4, -0.2) is 39.6 Å². The van der Waals surface area contributed by atoms with Crippen molar-refractivity contribution in [2.24, 2.45) is 0 Å². The molecule has 0 saturated carbocycles.